The summed E-state index contributed by atoms with van der Waals surface area (Å²) in [6.45, 7) is 0.427. The quantitative estimate of drug-likeness (QED) is 0.296. The van der Waals surface area contributed by atoms with Crippen molar-refractivity contribution in [1.29, 1.82) is 0 Å². The molecule has 0 aliphatic rings. The Morgan fingerprint density at radius 3 is 2.63 bits per heavy atom. The molecule has 0 aromatic heterocycles. The van der Waals surface area contributed by atoms with E-state index in [4.69, 9.17) is 4.74 Å². The summed E-state index contributed by atoms with van der Waals surface area (Å²) >= 11 is 0. The third-order valence-electron chi connectivity index (χ3n) is 2.56. The highest BCUT2D eigenvalue weighted by molar-refractivity contribution is 5.81. The molecule has 0 aliphatic carbocycles. The lowest BCUT2D eigenvalue weighted by atomic mass is 10.2. The van der Waals surface area contributed by atoms with Gasteiger partial charge in [-0.05, 0) is 31.4 Å². The second kappa shape index (κ2) is 7.97. The second-order valence-corrected chi connectivity index (χ2v) is 3.96. The zero-order valence-corrected chi connectivity index (χ0v) is 10.4. The second-order valence-electron chi connectivity index (χ2n) is 3.96. The summed E-state index contributed by atoms with van der Waals surface area (Å²) in [5.74, 6) is 0.368. The van der Waals surface area contributed by atoms with Crippen molar-refractivity contribution >= 4 is 18.3 Å². The SMILES string of the molecule is O=CCCCCCOc1ccc(C=O)c([N+](=O)[O-])c1. The zero-order valence-electron chi connectivity index (χ0n) is 10.4. The predicted molar refractivity (Wildman–Crippen MR) is 68.5 cm³/mol. The van der Waals surface area contributed by atoms with Crippen molar-refractivity contribution in [1.82, 2.24) is 0 Å². The summed E-state index contributed by atoms with van der Waals surface area (Å²) in [6.07, 6.45) is 4.32. The Bertz CT molecular complexity index is 458. The lowest BCUT2D eigenvalue weighted by Crippen LogP contribution is -2.00. The van der Waals surface area contributed by atoms with Gasteiger partial charge in [-0.3, -0.25) is 14.9 Å². The number of nitrogens with zero attached hydrogens (tertiary/aromatic N) is 1. The van der Waals surface area contributed by atoms with Gasteiger partial charge < -0.3 is 9.53 Å². The minimum absolute atomic E-state index is 0.0309. The van der Waals surface area contributed by atoms with Gasteiger partial charge in [-0.25, -0.2) is 0 Å². The average molecular weight is 265 g/mol. The molecule has 0 amide bonds. The summed E-state index contributed by atoms with van der Waals surface area (Å²) in [7, 11) is 0. The van der Waals surface area contributed by atoms with Crippen LogP contribution in [-0.2, 0) is 4.79 Å². The smallest absolute Gasteiger partial charge is 0.283 e. The maximum Gasteiger partial charge on any atom is 0.283 e. The highest BCUT2D eigenvalue weighted by atomic mass is 16.6. The van der Waals surface area contributed by atoms with Gasteiger partial charge in [-0.1, -0.05) is 0 Å². The highest BCUT2D eigenvalue weighted by Gasteiger charge is 2.14. The van der Waals surface area contributed by atoms with E-state index in [-0.39, 0.29) is 11.3 Å². The van der Waals surface area contributed by atoms with E-state index < -0.39 is 4.92 Å². The summed E-state index contributed by atoms with van der Waals surface area (Å²) in [6, 6.07) is 4.14. The Morgan fingerprint density at radius 2 is 2.00 bits per heavy atom. The molecule has 0 radical (unpaired) electrons. The molecule has 0 heterocycles. The van der Waals surface area contributed by atoms with Crippen molar-refractivity contribution in [3.63, 3.8) is 0 Å². The van der Waals surface area contributed by atoms with Crippen LogP contribution in [0.2, 0.25) is 0 Å². The lowest BCUT2D eigenvalue weighted by Gasteiger charge is -2.06. The van der Waals surface area contributed by atoms with Gasteiger partial charge in [0.15, 0.2) is 6.29 Å². The Hall–Kier alpha value is -2.24. The molecule has 6 heteroatoms. The Kier molecular flexibility index (Phi) is 6.21. The van der Waals surface area contributed by atoms with Crippen LogP contribution in [0.3, 0.4) is 0 Å². The number of unbranched alkanes of at least 4 members (excludes halogenated alkanes) is 3. The number of nitro groups is 1. The van der Waals surface area contributed by atoms with Gasteiger partial charge in [0.2, 0.25) is 0 Å². The molecule has 0 N–H and O–H groups in total. The monoisotopic (exact) mass is 265 g/mol. The van der Waals surface area contributed by atoms with Crippen LogP contribution >= 0.6 is 0 Å². The average Bonchev–Trinajstić information content (AvgIpc) is 2.42. The maximum atomic E-state index is 10.7. The lowest BCUT2D eigenvalue weighted by molar-refractivity contribution is -0.385. The van der Waals surface area contributed by atoms with E-state index in [1.54, 1.807) is 0 Å². The van der Waals surface area contributed by atoms with E-state index in [9.17, 15) is 19.7 Å². The molecule has 1 aromatic rings. The van der Waals surface area contributed by atoms with E-state index in [1.807, 2.05) is 0 Å². The van der Waals surface area contributed by atoms with Crippen molar-refractivity contribution in [3.8, 4) is 5.75 Å². The summed E-state index contributed by atoms with van der Waals surface area (Å²) < 4.78 is 5.37. The van der Waals surface area contributed by atoms with Gasteiger partial charge in [-0.15, -0.1) is 0 Å². The molecule has 19 heavy (non-hydrogen) atoms. The van der Waals surface area contributed by atoms with E-state index in [2.05, 4.69) is 0 Å². The van der Waals surface area contributed by atoms with Crippen molar-refractivity contribution < 1.29 is 19.2 Å². The van der Waals surface area contributed by atoms with E-state index >= 15 is 0 Å². The molecule has 0 saturated heterocycles. The summed E-state index contributed by atoms with van der Waals surface area (Å²) in [5, 5.41) is 10.7. The highest BCUT2D eigenvalue weighted by Crippen LogP contribution is 2.23. The third-order valence-corrected chi connectivity index (χ3v) is 2.56. The molecular formula is C13H15NO5. The first-order valence-corrected chi connectivity index (χ1v) is 5.99. The molecule has 0 atom stereocenters. The number of carbonyl (C=O) groups is 2. The first-order chi connectivity index (χ1) is 9.19. The number of hydrogen-bond acceptors (Lipinski definition) is 5. The number of benzene rings is 1. The predicted octanol–water partition coefficient (Wildman–Crippen LogP) is 2.55. The third kappa shape index (κ3) is 4.87. The van der Waals surface area contributed by atoms with Crippen LogP contribution < -0.4 is 4.74 Å². The topological polar surface area (TPSA) is 86.5 Å². The number of nitro benzene ring substituents is 1. The summed E-state index contributed by atoms with van der Waals surface area (Å²) in [5.41, 5.74) is -0.225. The molecule has 0 fully saturated rings. The first kappa shape index (κ1) is 14.8. The maximum absolute atomic E-state index is 10.7. The number of hydrogen-bond donors (Lipinski definition) is 0. The van der Waals surface area contributed by atoms with Crippen molar-refractivity contribution in [2.45, 2.75) is 25.7 Å². The van der Waals surface area contributed by atoms with Crippen molar-refractivity contribution in [3.05, 3.63) is 33.9 Å². The molecule has 1 aromatic carbocycles. The fourth-order valence-electron chi connectivity index (χ4n) is 1.57. The fourth-order valence-corrected chi connectivity index (χ4v) is 1.57. The first-order valence-electron chi connectivity index (χ1n) is 5.99. The minimum Gasteiger partial charge on any atom is -0.493 e. The van der Waals surface area contributed by atoms with Gasteiger partial charge >= 0.3 is 0 Å². The van der Waals surface area contributed by atoms with Gasteiger partial charge in [-0.2, -0.15) is 0 Å². The Morgan fingerprint density at radius 1 is 1.21 bits per heavy atom. The van der Waals surface area contributed by atoms with Gasteiger partial charge in [0.05, 0.1) is 23.2 Å². The Balaban J connectivity index is 2.50. The largest absolute Gasteiger partial charge is 0.493 e. The molecule has 0 bridgehead atoms. The van der Waals surface area contributed by atoms with Crippen LogP contribution in [-0.4, -0.2) is 24.1 Å². The fraction of sp³-hybridized carbons (Fsp3) is 0.385. The van der Waals surface area contributed by atoms with Crippen LogP contribution in [0.5, 0.6) is 5.75 Å². The molecule has 0 spiro atoms. The van der Waals surface area contributed by atoms with Gasteiger partial charge in [0.1, 0.15) is 12.0 Å². The summed E-state index contributed by atoms with van der Waals surface area (Å²) in [4.78, 5) is 30.9. The van der Waals surface area contributed by atoms with E-state index in [0.717, 1.165) is 25.5 Å². The van der Waals surface area contributed by atoms with Crippen LogP contribution in [0.25, 0.3) is 0 Å². The van der Waals surface area contributed by atoms with Crippen LogP contribution in [0.1, 0.15) is 36.0 Å². The molecule has 0 saturated carbocycles. The van der Waals surface area contributed by atoms with Crippen molar-refractivity contribution in [2.24, 2.45) is 0 Å². The van der Waals surface area contributed by atoms with Gasteiger partial charge in [0.25, 0.3) is 5.69 Å². The van der Waals surface area contributed by atoms with E-state index in [1.165, 1.54) is 18.2 Å². The molecule has 102 valence electrons. The number of aldehydes is 2. The number of ether oxygens (including phenoxy) is 1. The van der Waals surface area contributed by atoms with Gasteiger partial charge in [0, 0.05) is 6.42 Å². The van der Waals surface area contributed by atoms with Crippen LogP contribution in [0, 0.1) is 10.1 Å². The molecular weight excluding hydrogens is 250 g/mol. The standard InChI is InChI=1S/C13H15NO5/c15-7-3-1-2-4-8-19-12-6-5-11(10-16)13(9-12)14(17)18/h5-7,9-10H,1-4,8H2. The van der Waals surface area contributed by atoms with Crippen LogP contribution in [0.4, 0.5) is 5.69 Å². The molecule has 1 rings (SSSR count). The Labute approximate surface area is 110 Å². The van der Waals surface area contributed by atoms with E-state index in [0.29, 0.717) is 25.1 Å². The molecule has 6 nitrogen and oxygen atoms in total. The number of carbonyl (C=O) groups excluding carboxylic acids is 2. The minimum atomic E-state index is -0.610. The molecule has 0 unspecified atom stereocenters. The zero-order chi connectivity index (χ0) is 14.1. The normalized spacial score (nSPS) is 9.89. The molecule has 0 aliphatic heterocycles. The van der Waals surface area contributed by atoms with Crippen LogP contribution in [0.15, 0.2) is 18.2 Å². The number of rotatable bonds is 9. The van der Waals surface area contributed by atoms with Crippen molar-refractivity contribution in [2.75, 3.05) is 6.61 Å².